The Bertz CT molecular complexity index is 1890. The fraction of sp³-hybridized carbons (Fsp3) is 0.948. The summed E-state index contributed by atoms with van der Waals surface area (Å²) >= 11 is 0. The molecule has 0 radical (unpaired) electrons. The Hall–Kier alpha value is -1.94. The maximum absolute atomic E-state index is 13.1. The lowest BCUT2D eigenvalue weighted by molar-refractivity contribution is -0.161. The normalized spacial score (nSPS) is 14.4. The van der Waals surface area contributed by atoms with E-state index >= 15 is 0 Å². The molecule has 3 N–H and O–H groups in total. The van der Waals surface area contributed by atoms with Gasteiger partial charge in [-0.1, -0.05) is 338 Å². The van der Waals surface area contributed by atoms with Gasteiger partial charge < -0.3 is 33.8 Å². The fourth-order valence-electron chi connectivity index (χ4n) is 11.7. The number of phosphoric ester groups is 2. The van der Waals surface area contributed by atoms with Crippen molar-refractivity contribution in [1.82, 2.24) is 0 Å². The first kappa shape index (κ1) is 94.1. The number of ether oxygens (including phenoxy) is 4. The first-order chi connectivity index (χ1) is 46.1. The Balaban J connectivity index is 5.19. The molecule has 570 valence electrons. The van der Waals surface area contributed by atoms with E-state index in [1.807, 2.05) is 0 Å². The number of aliphatic hydroxyl groups excluding tert-OH is 1. The van der Waals surface area contributed by atoms with Crippen molar-refractivity contribution < 1.29 is 80.2 Å². The molecule has 0 saturated heterocycles. The van der Waals surface area contributed by atoms with Gasteiger partial charge in [0, 0.05) is 25.7 Å². The largest absolute Gasteiger partial charge is 0.472 e. The summed E-state index contributed by atoms with van der Waals surface area (Å²) in [5, 5.41) is 10.6. The van der Waals surface area contributed by atoms with E-state index in [1.54, 1.807) is 0 Å². The summed E-state index contributed by atoms with van der Waals surface area (Å²) in [4.78, 5) is 72.8. The van der Waals surface area contributed by atoms with Crippen molar-refractivity contribution in [2.75, 3.05) is 39.6 Å². The molecule has 0 aromatic carbocycles. The minimum Gasteiger partial charge on any atom is -0.462 e. The minimum atomic E-state index is -4.96. The highest BCUT2D eigenvalue weighted by molar-refractivity contribution is 7.47. The quantitative estimate of drug-likeness (QED) is 0.0222. The highest BCUT2D eigenvalue weighted by Crippen LogP contribution is 2.45. The Morgan fingerprint density at radius 2 is 0.500 bits per heavy atom. The third-order valence-electron chi connectivity index (χ3n) is 18.2. The molecule has 17 nitrogen and oxygen atoms in total. The van der Waals surface area contributed by atoms with Crippen LogP contribution in [0.5, 0.6) is 0 Å². The summed E-state index contributed by atoms with van der Waals surface area (Å²) in [5.74, 6) is 0.919. The highest BCUT2D eigenvalue weighted by atomic mass is 31.2. The third-order valence-corrected chi connectivity index (χ3v) is 20.1. The highest BCUT2D eigenvalue weighted by Gasteiger charge is 2.30. The molecule has 0 amide bonds. The van der Waals surface area contributed by atoms with Crippen molar-refractivity contribution in [3.05, 3.63) is 0 Å². The van der Waals surface area contributed by atoms with Crippen LogP contribution >= 0.6 is 15.6 Å². The van der Waals surface area contributed by atoms with Crippen LogP contribution in [0.4, 0.5) is 0 Å². The van der Waals surface area contributed by atoms with Gasteiger partial charge in [0.15, 0.2) is 12.2 Å². The number of phosphoric acid groups is 2. The molecule has 0 aromatic rings. The Morgan fingerprint density at radius 3 is 0.740 bits per heavy atom. The van der Waals surface area contributed by atoms with E-state index in [0.29, 0.717) is 31.6 Å². The first-order valence-electron chi connectivity index (χ1n) is 39.7. The smallest absolute Gasteiger partial charge is 0.462 e. The van der Waals surface area contributed by atoms with E-state index < -0.39 is 97.5 Å². The van der Waals surface area contributed by atoms with Gasteiger partial charge in [-0.2, -0.15) is 0 Å². The van der Waals surface area contributed by atoms with Crippen LogP contribution in [0, 0.1) is 23.7 Å². The van der Waals surface area contributed by atoms with Gasteiger partial charge in [0.2, 0.25) is 0 Å². The second-order valence-electron chi connectivity index (χ2n) is 29.4. The average Bonchev–Trinajstić information content (AvgIpc) is 1.44. The lowest BCUT2D eigenvalue weighted by Gasteiger charge is -2.21. The topological polar surface area (TPSA) is 237 Å². The van der Waals surface area contributed by atoms with Crippen LogP contribution in [0.15, 0.2) is 0 Å². The van der Waals surface area contributed by atoms with Crippen LogP contribution in [0.1, 0.15) is 389 Å². The van der Waals surface area contributed by atoms with Gasteiger partial charge in [-0.05, 0) is 49.4 Å². The average molecular weight is 1410 g/mol. The molecule has 0 aliphatic heterocycles. The lowest BCUT2D eigenvalue weighted by atomic mass is 9.99. The summed E-state index contributed by atoms with van der Waals surface area (Å²) in [6, 6.07) is 0. The van der Waals surface area contributed by atoms with Crippen LogP contribution in [0.3, 0.4) is 0 Å². The standard InChI is InChI=1S/C77H150O17P2/c1-9-70(8)56-48-40-31-25-20-21-27-33-43-51-59-76(81)93-72(63-87-74(79)57-49-41-32-26-19-17-15-13-11-10-12-14-16-18-23-29-37-45-53-67(2)3)65-91-95(83,84)89-61-71(78)62-90-96(85,86)92-66-73(64-88-75(80)58-50-42-36-35-39-47-55-69(6)7)94-77(82)60-52-44-34-28-22-24-30-38-46-54-68(4)5/h67-73,78H,9-66H2,1-8H3,(H,83,84)(H,85,86)/t70?,71-,72-,73-/m1/s1. The van der Waals surface area contributed by atoms with Gasteiger partial charge >= 0.3 is 39.5 Å². The first-order valence-corrected chi connectivity index (χ1v) is 42.7. The molecule has 0 fully saturated rings. The molecule has 0 aromatic heterocycles. The second kappa shape index (κ2) is 66.3. The minimum absolute atomic E-state index is 0.104. The molecule has 3 unspecified atom stereocenters. The van der Waals surface area contributed by atoms with Crippen LogP contribution in [-0.4, -0.2) is 96.7 Å². The van der Waals surface area contributed by atoms with Crippen molar-refractivity contribution in [2.45, 2.75) is 408 Å². The maximum atomic E-state index is 13.1. The molecule has 96 heavy (non-hydrogen) atoms. The number of hydrogen-bond donors (Lipinski definition) is 3. The molecule has 0 rings (SSSR count). The Morgan fingerprint density at radius 1 is 0.292 bits per heavy atom. The number of aliphatic hydroxyl groups is 1. The van der Waals surface area contributed by atoms with Gasteiger partial charge in [-0.3, -0.25) is 37.3 Å². The van der Waals surface area contributed by atoms with Crippen LogP contribution in [-0.2, 0) is 65.4 Å². The van der Waals surface area contributed by atoms with Crippen molar-refractivity contribution in [2.24, 2.45) is 23.7 Å². The molecule has 0 aliphatic carbocycles. The summed E-state index contributed by atoms with van der Waals surface area (Å²) in [6.07, 6.45) is 51.6. The third kappa shape index (κ3) is 69.2. The van der Waals surface area contributed by atoms with Gasteiger partial charge in [0.25, 0.3) is 0 Å². The predicted molar refractivity (Wildman–Crippen MR) is 391 cm³/mol. The number of hydrogen-bond acceptors (Lipinski definition) is 15. The number of carbonyl (C=O) groups excluding carboxylic acids is 4. The van der Waals surface area contributed by atoms with Gasteiger partial charge in [-0.15, -0.1) is 0 Å². The second-order valence-corrected chi connectivity index (χ2v) is 32.3. The Labute approximate surface area is 588 Å². The zero-order valence-electron chi connectivity index (χ0n) is 63.0. The molecule has 0 aliphatic rings. The molecule has 0 spiro atoms. The fourth-order valence-corrected chi connectivity index (χ4v) is 13.3. The zero-order valence-corrected chi connectivity index (χ0v) is 64.8. The van der Waals surface area contributed by atoms with Gasteiger partial charge in [0.1, 0.15) is 19.3 Å². The molecule has 6 atom stereocenters. The van der Waals surface area contributed by atoms with Crippen LogP contribution in [0.25, 0.3) is 0 Å². The van der Waals surface area contributed by atoms with Crippen LogP contribution in [0.2, 0.25) is 0 Å². The number of unbranched alkanes of at least 4 members (excludes halogenated alkanes) is 39. The number of carbonyl (C=O) groups is 4. The molecule has 0 heterocycles. The number of esters is 4. The van der Waals surface area contributed by atoms with Crippen LogP contribution < -0.4 is 0 Å². The van der Waals surface area contributed by atoms with Gasteiger partial charge in [0.05, 0.1) is 26.4 Å². The lowest BCUT2D eigenvalue weighted by Crippen LogP contribution is -2.30. The monoisotopic (exact) mass is 1410 g/mol. The molecule has 0 saturated carbocycles. The van der Waals surface area contributed by atoms with E-state index in [2.05, 4.69) is 55.4 Å². The zero-order chi connectivity index (χ0) is 71.0. The van der Waals surface area contributed by atoms with Crippen molar-refractivity contribution in [3.8, 4) is 0 Å². The summed E-state index contributed by atoms with van der Waals surface area (Å²) in [6.45, 7) is 14.2. The maximum Gasteiger partial charge on any atom is 0.472 e. The summed E-state index contributed by atoms with van der Waals surface area (Å²) in [5.41, 5.74) is 0. The summed E-state index contributed by atoms with van der Waals surface area (Å²) < 4.78 is 68.5. The molecule has 19 heteroatoms. The molecule has 0 bridgehead atoms. The van der Waals surface area contributed by atoms with E-state index in [0.717, 1.165) is 114 Å². The van der Waals surface area contributed by atoms with Crippen molar-refractivity contribution >= 4 is 39.5 Å². The van der Waals surface area contributed by atoms with Gasteiger partial charge in [-0.25, -0.2) is 9.13 Å². The number of rotatable bonds is 74. The van der Waals surface area contributed by atoms with E-state index in [4.69, 9.17) is 37.0 Å². The summed E-state index contributed by atoms with van der Waals surface area (Å²) in [7, 11) is -9.91. The van der Waals surface area contributed by atoms with E-state index in [-0.39, 0.29) is 25.7 Å². The van der Waals surface area contributed by atoms with E-state index in [1.165, 1.54) is 186 Å². The SMILES string of the molecule is CCC(C)CCCCCCCCCCCCC(=O)O[C@H](COC(=O)CCCCCCCCCCCCCCCCCCCCC(C)C)COP(=O)(O)OC[C@@H](O)COP(=O)(O)OC[C@@H](COC(=O)CCCCCCCCC(C)C)OC(=O)CCCCCCCCCCCC(C)C. The predicted octanol–water partition coefficient (Wildman–Crippen LogP) is 22.4. The van der Waals surface area contributed by atoms with E-state index in [9.17, 15) is 43.2 Å². The van der Waals surface area contributed by atoms with Crippen molar-refractivity contribution in [1.29, 1.82) is 0 Å². The Kier molecular flexibility index (Phi) is 65.0. The van der Waals surface area contributed by atoms with Crippen molar-refractivity contribution in [3.63, 3.8) is 0 Å². The molecular formula is C77H150O17P2. The molecular weight excluding hydrogens is 1260 g/mol.